The van der Waals surface area contributed by atoms with Gasteiger partial charge in [0.25, 0.3) is 0 Å². The Morgan fingerprint density at radius 2 is 1.73 bits per heavy atom. The van der Waals surface area contributed by atoms with Crippen LogP contribution in [0.4, 0.5) is 10.8 Å². The van der Waals surface area contributed by atoms with E-state index in [2.05, 4.69) is 10.3 Å². The number of aromatic nitrogens is 1. The first kappa shape index (κ1) is 25.4. The van der Waals surface area contributed by atoms with Crippen LogP contribution < -0.4 is 11.1 Å². The molecule has 0 radical (unpaired) electrons. The first-order valence-corrected chi connectivity index (χ1v) is 13.5. The van der Waals surface area contributed by atoms with Crippen molar-refractivity contribution in [3.8, 4) is 11.3 Å². The van der Waals surface area contributed by atoms with Crippen molar-refractivity contribution in [2.75, 3.05) is 24.3 Å². The third kappa shape index (κ3) is 7.39. The molecule has 0 spiro atoms. The lowest BCUT2D eigenvalue weighted by atomic mass is 10.1. The molecule has 0 bridgehead atoms. The first-order valence-electron chi connectivity index (χ1n) is 10.6. The maximum absolute atomic E-state index is 12.7. The molecule has 3 aromatic rings. The second-order valence-electron chi connectivity index (χ2n) is 7.18. The summed E-state index contributed by atoms with van der Waals surface area (Å²) in [6.07, 6.45) is 0.986. The standard InChI is InChI=1S/C23H27ClN3O4PS/c1-3-30-32(29,31-4-2)15-16-5-11-19(12-6-16)26-21(28)14-13-20-22(27-23(25)33-20)17-7-9-18(24)10-8-17/h5-12H,3-4,13-15H2,1-2H3,(H2,25,27)(H,26,28). The Bertz CT molecular complexity index is 1110. The maximum atomic E-state index is 12.7. The number of hydrogen-bond donors (Lipinski definition) is 2. The Kier molecular flexibility index (Phi) is 9.06. The van der Waals surface area contributed by atoms with Crippen molar-refractivity contribution in [2.24, 2.45) is 0 Å². The molecule has 0 fully saturated rings. The predicted octanol–water partition coefficient (Wildman–Crippen LogP) is 6.38. The topological polar surface area (TPSA) is 104 Å². The number of nitrogens with one attached hydrogen (secondary N) is 1. The Morgan fingerprint density at radius 1 is 1.09 bits per heavy atom. The van der Waals surface area contributed by atoms with Gasteiger partial charge < -0.3 is 20.1 Å². The molecule has 0 saturated carbocycles. The zero-order valence-electron chi connectivity index (χ0n) is 18.5. The second kappa shape index (κ2) is 11.8. The number of nitrogens with two attached hydrogens (primary N) is 1. The minimum Gasteiger partial charge on any atom is -0.375 e. The lowest BCUT2D eigenvalue weighted by Crippen LogP contribution is -2.12. The van der Waals surface area contributed by atoms with Crippen LogP contribution in [0.25, 0.3) is 11.3 Å². The molecule has 0 aliphatic rings. The van der Waals surface area contributed by atoms with Gasteiger partial charge in [-0.2, -0.15) is 0 Å². The summed E-state index contributed by atoms with van der Waals surface area (Å²) in [6, 6.07) is 14.5. The largest absolute Gasteiger partial charge is 0.375 e. The van der Waals surface area contributed by atoms with Gasteiger partial charge in [-0.1, -0.05) is 35.9 Å². The molecule has 1 amide bonds. The van der Waals surface area contributed by atoms with Crippen LogP contribution in [-0.2, 0) is 31.0 Å². The summed E-state index contributed by atoms with van der Waals surface area (Å²) in [4.78, 5) is 17.9. The minimum absolute atomic E-state index is 0.119. The monoisotopic (exact) mass is 507 g/mol. The molecule has 7 nitrogen and oxygen atoms in total. The van der Waals surface area contributed by atoms with E-state index in [4.69, 9.17) is 26.4 Å². The lowest BCUT2D eigenvalue weighted by Gasteiger charge is -2.17. The van der Waals surface area contributed by atoms with E-state index in [0.29, 0.717) is 35.5 Å². The number of aryl methyl sites for hydroxylation is 1. The molecule has 33 heavy (non-hydrogen) atoms. The van der Waals surface area contributed by atoms with Gasteiger partial charge in [0, 0.05) is 27.6 Å². The lowest BCUT2D eigenvalue weighted by molar-refractivity contribution is -0.116. The van der Waals surface area contributed by atoms with E-state index in [-0.39, 0.29) is 18.5 Å². The summed E-state index contributed by atoms with van der Waals surface area (Å²) < 4.78 is 23.4. The van der Waals surface area contributed by atoms with E-state index >= 15 is 0 Å². The van der Waals surface area contributed by atoms with Gasteiger partial charge >= 0.3 is 7.60 Å². The number of rotatable bonds is 11. The minimum atomic E-state index is -3.17. The van der Waals surface area contributed by atoms with Gasteiger partial charge in [-0.25, -0.2) is 4.98 Å². The van der Waals surface area contributed by atoms with Crippen molar-refractivity contribution in [3.63, 3.8) is 0 Å². The van der Waals surface area contributed by atoms with E-state index in [1.807, 2.05) is 24.3 Å². The molecule has 0 atom stereocenters. The van der Waals surface area contributed by atoms with Crippen molar-refractivity contribution in [1.29, 1.82) is 0 Å². The normalized spacial score (nSPS) is 11.5. The maximum Gasteiger partial charge on any atom is 0.335 e. The van der Waals surface area contributed by atoms with Crippen LogP contribution in [0.5, 0.6) is 0 Å². The number of nitrogens with zero attached hydrogens (tertiary/aromatic N) is 1. The van der Waals surface area contributed by atoms with Crippen molar-refractivity contribution >= 4 is 47.3 Å². The number of hydrogen-bond acceptors (Lipinski definition) is 7. The van der Waals surface area contributed by atoms with Crippen LogP contribution in [0, 0.1) is 0 Å². The highest BCUT2D eigenvalue weighted by Gasteiger charge is 2.24. The Labute approximate surface area is 202 Å². The Hall–Kier alpha value is -2.22. The van der Waals surface area contributed by atoms with Gasteiger partial charge in [0.15, 0.2) is 5.13 Å². The van der Waals surface area contributed by atoms with Crippen LogP contribution >= 0.6 is 30.5 Å². The molecule has 3 N–H and O–H groups in total. The molecule has 0 unspecified atom stereocenters. The van der Waals surface area contributed by atoms with Crippen molar-refractivity contribution in [2.45, 2.75) is 32.9 Å². The number of carbonyl (C=O) groups excluding carboxylic acids is 1. The summed E-state index contributed by atoms with van der Waals surface area (Å²) >= 11 is 7.35. The number of nitrogen functional groups attached to an aromatic ring is 1. The van der Waals surface area contributed by atoms with E-state index in [1.54, 1.807) is 38.1 Å². The Morgan fingerprint density at radius 3 is 2.33 bits per heavy atom. The van der Waals surface area contributed by atoms with Crippen molar-refractivity contribution < 1.29 is 18.4 Å². The third-order valence-corrected chi connectivity index (χ3v) is 7.93. The van der Waals surface area contributed by atoms with Gasteiger partial charge in [0.2, 0.25) is 5.91 Å². The summed E-state index contributed by atoms with van der Waals surface area (Å²) in [6.45, 7) is 4.19. The fraction of sp³-hybridized carbons (Fsp3) is 0.304. The third-order valence-electron chi connectivity index (χ3n) is 4.68. The van der Waals surface area contributed by atoms with E-state index < -0.39 is 7.60 Å². The molecule has 0 saturated heterocycles. The number of halogens is 1. The highest BCUT2D eigenvalue weighted by Crippen LogP contribution is 2.51. The number of benzene rings is 2. The van der Waals surface area contributed by atoms with Crippen LogP contribution in [-0.4, -0.2) is 24.1 Å². The quantitative estimate of drug-likeness (QED) is 0.292. The highest BCUT2D eigenvalue weighted by molar-refractivity contribution is 7.53. The summed E-state index contributed by atoms with van der Waals surface area (Å²) in [5.41, 5.74) is 9.08. The van der Waals surface area contributed by atoms with E-state index in [0.717, 1.165) is 21.7 Å². The molecule has 176 valence electrons. The summed E-state index contributed by atoms with van der Waals surface area (Å²) in [7, 11) is -3.17. The van der Waals surface area contributed by atoms with Gasteiger partial charge in [-0.05, 0) is 50.1 Å². The zero-order valence-corrected chi connectivity index (χ0v) is 21.0. The molecule has 2 aromatic carbocycles. The number of carbonyl (C=O) groups is 1. The average molecular weight is 508 g/mol. The number of amides is 1. The van der Waals surface area contributed by atoms with Gasteiger partial charge in [-0.3, -0.25) is 9.36 Å². The Balaban J connectivity index is 1.59. The molecule has 10 heteroatoms. The van der Waals surface area contributed by atoms with Crippen LogP contribution in [0.15, 0.2) is 48.5 Å². The van der Waals surface area contributed by atoms with Crippen LogP contribution in [0.1, 0.15) is 30.7 Å². The summed E-state index contributed by atoms with van der Waals surface area (Å²) in [5.74, 6) is -0.119. The van der Waals surface area contributed by atoms with E-state index in [9.17, 15) is 9.36 Å². The fourth-order valence-corrected chi connectivity index (χ4v) is 5.94. The van der Waals surface area contributed by atoms with Crippen LogP contribution in [0.2, 0.25) is 5.02 Å². The number of thiazole rings is 1. The zero-order chi connectivity index (χ0) is 23.8. The van der Waals surface area contributed by atoms with Crippen molar-refractivity contribution in [3.05, 3.63) is 64.0 Å². The highest BCUT2D eigenvalue weighted by atomic mass is 35.5. The predicted molar refractivity (Wildman–Crippen MR) is 135 cm³/mol. The first-order chi connectivity index (χ1) is 15.8. The molecule has 1 aromatic heterocycles. The van der Waals surface area contributed by atoms with Crippen LogP contribution in [0.3, 0.4) is 0 Å². The molecular weight excluding hydrogens is 481 g/mol. The average Bonchev–Trinajstić information content (AvgIpc) is 3.15. The molecule has 3 rings (SSSR count). The van der Waals surface area contributed by atoms with E-state index in [1.165, 1.54) is 11.3 Å². The number of anilines is 2. The molecular formula is C23H27ClN3O4PS. The van der Waals surface area contributed by atoms with Gasteiger partial charge in [-0.15, -0.1) is 11.3 Å². The second-order valence-corrected chi connectivity index (χ2v) is 10.8. The molecule has 0 aliphatic heterocycles. The smallest absolute Gasteiger partial charge is 0.335 e. The molecule has 1 heterocycles. The van der Waals surface area contributed by atoms with Crippen molar-refractivity contribution in [1.82, 2.24) is 4.98 Å². The van der Waals surface area contributed by atoms with Gasteiger partial charge in [0.05, 0.1) is 25.1 Å². The molecule has 0 aliphatic carbocycles. The SMILES string of the molecule is CCOP(=O)(Cc1ccc(NC(=O)CCc2sc(N)nc2-c2ccc(Cl)cc2)cc1)OCC. The van der Waals surface area contributed by atoms with Gasteiger partial charge in [0.1, 0.15) is 0 Å². The fourth-order valence-electron chi connectivity index (χ4n) is 3.26. The summed E-state index contributed by atoms with van der Waals surface area (Å²) in [5, 5.41) is 4.00.